The second-order valence-electron chi connectivity index (χ2n) is 4.15. The van der Waals surface area contributed by atoms with Crippen molar-refractivity contribution in [1.29, 1.82) is 0 Å². The van der Waals surface area contributed by atoms with Gasteiger partial charge in [-0.1, -0.05) is 24.3 Å². The van der Waals surface area contributed by atoms with Crippen molar-refractivity contribution in [2.45, 2.75) is 18.9 Å². The van der Waals surface area contributed by atoms with Gasteiger partial charge in [0.25, 0.3) is 0 Å². The molecule has 0 aliphatic rings. The maximum Gasteiger partial charge on any atom is 0.393 e. The van der Waals surface area contributed by atoms with E-state index in [1.54, 1.807) is 12.1 Å². The minimum atomic E-state index is -4.38. The van der Waals surface area contributed by atoms with E-state index in [2.05, 4.69) is 0 Å². The van der Waals surface area contributed by atoms with Gasteiger partial charge < -0.3 is 5.73 Å². The molecule has 0 fully saturated rings. The van der Waals surface area contributed by atoms with Crippen LogP contribution in [0, 0.1) is 12.8 Å². The SMILES string of the molecule is Cc1ccccc1CS(=O)CC(CN)C(F)(F)F. The lowest BCUT2D eigenvalue weighted by molar-refractivity contribution is -0.165. The fourth-order valence-electron chi connectivity index (χ4n) is 1.52. The van der Waals surface area contributed by atoms with Crippen LogP contribution in [0.3, 0.4) is 0 Å². The zero-order valence-electron chi connectivity index (χ0n) is 10.0. The van der Waals surface area contributed by atoms with Gasteiger partial charge in [0, 0.05) is 28.9 Å². The summed E-state index contributed by atoms with van der Waals surface area (Å²) in [6.07, 6.45) is -4.38. The van der Waals surface area contributed by atoms with E-state index in [-0.39, 0.29) is 5.75 Å². The van der Waals surface area contributed by atoms with E-state index in [0.717, 1.165) is 11.1 Å². The molecule has 0 aromatic heterocycles. The Hall–Kier alpha value is -0.880. The van der Waals surface area contributed by atoms with Crippen LogP contribution >= 0.6 is 0 Å². The first-order chi connectivity index (χ1) is 8.34. The third-order valence-corrected chi connectivity index (χ3v) is 4.12. The van der Waals surface area contributed by atoms with Crippen molar-refractivity contribution >= 4 is 10.8 Å². The summed E-state index contributed by atoms with van der Waals surface area (Å²) in [5.74, 6) is -1.99. The first-order valence-corrected chi connectivity index (χ1v) is 6.99. The molecule has 0 saturated carbocycles. The van der Waals surface area contributed by atoms with Crippen molar-refractivity contribution in [2.24, 2.45) is 11.7 Å². The Morgan fingerprint density at radius 1 is 1.33 bits per heavy atom. The van der Waals surface area contributed by atoms with Crippen LogP contribution < -0.4 is 5.73 Å². The van der Waals surface area contributed by atoms with Gasteiger partial charge >= 0.3 is 6.18 Å². The minimum absolute atomic E-state index is 0.138. The maximum absolute atomic E-state index is 12.5. The highest BCUT2D eigenvalue weighted by Gasteiger charge is 2.39. The van der Waals surface area contributed by atoms with E-state index in [1.165, 1.54) is 0 Å². The summed E-state index contributed by atoms with van der Waals surface area (Å²) in [6.45, 7) is 1.32. The normalized spacial score (nSPS) is 15.4. The molecule has 1 aromatic carbocycles. The van der Waals surface area contributed by atoms with Crippen molar-refractivity contribution in [3.63, 3.8) is 0 Å². The second kappa shape index (κ2) is 6.33. The summed E-state index contributed by atoms with van der Waals surface area (Å²) >= 11 is 0. The van der Waals surface area contributed by atoms with Crippen molar-refractivity contribution in [1.82, 2.24) is 0 Å². The molecule has 0 bridgehead atoms. The summed E-state index contributed by atoms with van der Waals surface area (Å²) in [6, 6.07) is 7.23. The predicted octanol–water partition coefficient (Wildman–Crippen LogP) is 2.38. The van der Waals surface area contributed by atoms with Crippen LogP contribution in [-0.4, -0.2) is 22.7 Å². The van der Waals surface area contributed by atoms with Crippen LogP contribution in [0.5, 0.6) is 0 Å². The number of rotatable bonds is 5. The summed E-state index contributed by atoms with van der Waals surface area (Å²) < 4.78 is 49.2. The number of nitrogens with two attached hydrogens (primary N) is 1. The van der Waals surface area contributed by atoms with Gasteiger partial charge in [0.05, 0.1) is 5.92 Å². The fourth-order valence-corrected chi connectivity index (χ4v) is 3.09. The zero-order chi connectivity index (χ0) is 13.8. The van der Waals surface area contributed by atoms with Crippen LogP contribution in [-0.2, 0) is 16.6 Å². The molecule has 2 nitrogen and oxygen atoms in total. The Morgan fingerprint density at radius 2 is 1.94 bits per heavy atom. The third-order valence-electron chi connectivity index (χ3n) is 2.71. The van der Waals surface area contributed by atoms with Gasteiger partial charge in [-0.15, -0.1) is 0 Å². The molecule has 1 rings (SSSR count). The molecule has 0 amide bonds. The Morgan fingerprint density at radius 3 is 2.44 bits per heavy atom. The molecule has 0 aliphatic heterocycles. The average Bonchev–Trinajstić information content (AvgIpc) is 2.27. The Bertz CT molecular complexity index is 420. The maximum atomic E-state index is 12.5. The summed E-state index contributed by atoms with van der Waals surface area (Å²) in [4.78, 5) is 0. The van der Waals surface area contributed by atoms with Crippen molar-refractivity contribution in [2.75, 3.05) is 12.3 Å². The van der Waals surface area contributed by atoms with Gasteiger partial charge in [-0.2, -0.15) is 13.2 Å². The quantitative estimate of drug-likeness (QED) is 0.899. The smallest absolute Gasteiger partial charge is 0.330 e. The third kappa shape index (κ3) is 4.42. The van der Waals surface area contributed by atoms with Crippen LogP contribution in [0.2, 0.25) is 0 Å². The number of benzene rings is 1. The summed E-state index contributed by atoms with van der Waals surface area (Å²) in [5, 5.41) is 0. The molecule has 0 radical (unpaired) electrons. The minimum Gasteiger partial charge on any atom is -0.330 e. The highest BCUT2D eigenvalue weighted by molar-refractivity contribution is 7.84. The zero-order valence-corrected chi connectivity index (χ0v) is 10.9. The van der Waals surface area contributed by atoms with E-state index in [0.29, 0.717) is 0 Å². The standard InChI is InChI=1S/C12H16F3NOS/c1-9-4-2-3-5-10(9)7-18(17)8-11(6-16)12(13,14)15/h2-5,11H,6-8,16H2,1H3. The molecule has 2 atom stereocenters. The first-order valence-electron chi connectivity index (χ1n) is 5.51. The Balaban J connectivity index is 2.65. The number of hydrogen-bond donors (Lipinski definition) is 1. The first kappa shape index (κ1) is 15.2. The molecule has 0 saturated heterocycles. The van der Waals surface area contributed by atoms with Gasteiger partial charge in [-0.25, -0.2) is 0 Å². The van der Waals surface area contributed by atoms with E-state index < -0.39 is 35.2 Å². The van der Waals surface area contributed by atoms with Gasteiger partial charge in [0.1, 0.15) is 0 Å². The topological polar surface area (TPSA) is 43.1 Å². The predicted molar refractivity (Wildman–Crippen MR) is 66.5 cm³/mol. The fraction of sp³-hybridized carbons (Fsp3) is 0.500. The summed E-state index contributed by atoms with van der Waals surface area (Å²) in [7, 11) is -1.56. The van der Waals surface area contributed by atoms with Gasteiger partial charge in [0.2, 0.25) is 0 Å². The largest absolute Gasteiger partial charge is 0.393 e. The van der Waals surface area contributed by atoms with Crippen molar-refractivity contribution in [3.8, 4) is 0 Å². The lowest BCUT2D eigenvalue weighted by Crippen LogP contribution is -2.34. The number of alkyl halides is 3. The second-order valence-corrected chi connectivity index (χ2v) is 5.65. The van der Waals surface area contributed by atoms with Gasteiger partial charge in [-0.3, -0.25) is 4.21 Å². The highest BCUT2D eigenvalue weighted by Crippen LogP contribution is 2.26. The van der Waals surface area contributed by atoms with Crippen molar-refractivity contribution < 1.29 is 17.4 Å². The highest BCUT2D eigenvalue weighted by atomic mass is 32.2. The van der Waals surface area contributed by atoms with E-state index >= 15 is 0 Å². The number of aryl methyl sites for hydroxylation is 1. The Kier molecular flexibility index (Phi) is 5.34. The molecule has 6 heteroatoms. The van der Waals surface area contributed by atoms with Crippen LogP contribution in [0.1, 0.15) is 11.1 Å². The van der Waals surface area contributed by atoms with Crippen LogP contribution in [0.15, 0.2) is 24.3 Å². The number of halogens is 3. The molecule has 102 valence electrons. The average molecular weight is 279 g/mol. The molecular weight excluding hydrogens is 263 g/mol. The van der Waals surface area contributed by atoms with Gasteiger partial charge in [0.15, 0.2) is 0 Å². The molecule has 0 aliphatic carbocycles. The van der Waals surface area contributed by atoms with Crippen molar-refractivity contribution in [3.05, 3.63) is 35.4 Å². The Labute approximate surface area is 107 Å². The van der Waals surface area contributed by atoms with Crippen LogP contribution in [0.4, 0.5) is 13.2 Å². The molecule has 2 unspecified atom stereocenters. The monoisotopic (exact) mass is 279 g/mol. The lowest BCUT2D eigenvalue weighted by Gasteiger charge is -2.18. The van der Waals surface area contributed by atoms with E-state index in [1.807, 2.05) is 19.1 Å². The molecule has 1 aromatic rings. The number of hydrogen-bond acceptors (Lipinski definition) is 2. The van der Waals surface area contributed by atoms with Gasteiger partial charge in [-0.05, 0) is 18.1 Å². The summed E-state index contributed by atoms with van der Waals surface area (Å²) in [5.41, 5.74) is 6.82. The lowest BCUT2D eigenvalue weighted by atomic mass is 10.1. The molecule has 18 heavy (non-hydrogen) atoms. The molecule has 0 spiro atoms. The van der Waals surface area contributed by atoms with E-state index in [4.69, 9.17) is 5.73 Å². The molecular formula is C12H16F3NOS. The van der Waals surface area contributed by atoms with Crippen LogP contribution in [0.25, 0.3) is 0 Å². The molecule has 2 N–H and O–H groups in total. The molecule has 0 heterocycles. The van der Waals surface area contributed by atoms with E-state index in [9.17, 15) is 17.4 Å².